The molecule has 0 aliphatic heterocycles. The van der Waals surface area contributed by atoms with Crippen LogP contribution in [0.1, 0.15) is 15.9 Å². The van der Waals surface area contributed by atoms with Crippen molar-refractivity contribution in [2.24, 2.45) is 0 Å². The Bertz CT molecular complexity index is 913. The summed E-state index contributed by atoms with van der Waals surface area (Å²) in [5, 5.41) is 7.05. The van der Waals surface area contributed by atoms with Gasteiger partial charge in [0.2, 0.25) is 0 Å². The normalized spacial score (nSPS) is 10.8. The summed E-state index contributed by atoms with van der Waals surface area (Å²) in [5.74, 6) is -0.0109. The molecule has 0 radical (unpaired) electrons. The lowest BCUT2D eigenvalue weighted by atomic mass is 10.2. The first-order valence-electron chi connectivity index (χ1n) is 8.09. The van der Waals surface area contributed by atoms with E-state index in [0.717, 1.165) is 10.2 Å². The van der Waals surface area contributed by atoms with Crippen molar-refractivity contribution in [3.63, 3.8) is 0 Å². The van der Waals surface area contributed by atoms with Gasteiger partial charge in [-0.05, 0) is 29.8 Å². The molecular formula is C19H16ClF2N3O2. The molecule has 0 saturated heterocycles. The third kappa shape index (κ3) is 5.27. The Hall–Kier alpha value is -2.93. The van der Waals surface area contributed by atoms with Gasteiger partial charge in [0.25, 0.3) is 12.3 Å². The second-order valence-corrected chi connectivity index (χ2v) is 6.14. The minimum Gasteiger partial charge on any atom is -0.488 e. The van der Waals surface area contributed by atoms with Crippen molar-refractivity contribution in [3.05, 3.63) is 77.1 Å². The van der Waals surface area contributed by atoms with E-state index in [1.165, 1.54) is 12.4 Å². The van der Waals surface area contributed by atoms with E-state index in [1.807, 2.05) is 12.1 Å². The van der Waals surface area contributed by atoms with Gasteiger partial charge in [-0.1, -0.05) is 35.9 Å². The van der Waals surface area contributed by atoms with E-state index < -0.39 is 18.9 Å². The van der Waals surface area contributed by atoms with Gasteiger partial charge in [0, 0.05) is 11.2 Å². The molecule has 1 N–H and O–H groups in total. The number of ether oxygens (including phenoxy) is 1. The van der Waals surface area contributed by atoms with Gasteiger partial charge in [-0.15, -0.1) is 0 Å². The Morgan fingerprint density at radius 3 is 2.67 bits per heavy atom. The molecule has 0 spiro atoms. The summed E-state index contributed by atoms with van der Waals surface area (Å²) >= 11 is 5.86. The van der Waals surface area contributed by atoms with E-state index in [0.29, 0.717) is 22.0 Å². The quantitative estimate of drug-likeness (QED) is 0.638. The fourth-order valence-electron chi connectivity index (χ4n) is 2.39. The molecule has 0 saturated carbocycles. The van der Waals surface area contributed by atoms with Crippen molar-refractivity contribution in [2.45, 2.75) is 19.6 Å². The largest absolute Gasteiger partial charge is 0.488 e. The highest BCUT2D eigenvalue weighted by atomic mass is 35.5. The van der Waals surface area contributed by atoms with Crippen LogP contribution in [0.15, 0.2) is 60.9 Å². The van der Waals surface area contributed by atoms with Crippen LogP contribution in [0.5, 0.6) is 5.75 Å². The number of hydrogen-bond donors (Lipinski definition) is 1. The van der Waals surface area contributed by atoms with E-state index in [-0.39, 0.29) is 6.61 Å². The topological polar surface area (TPSA) is 56.2 Å². The summed E-state index contributed by atoms with van der Waals surface area (Å²) in [6.07, 6.45) is 0.147. The van der Waals surface area contributed by atoms with E-state index in [2.05, 4.69) is 10.4 Å². The lowest BCUT2D eigenvalue weighted by Crippen LogP contribution is -2.13. The van der Waals surface area contributed by atoms with E-state index in [1.54, 1.807) is 36.4 Å². The van der Waals surface area contributed by atoms with Gasteiger partial charge in [-0.25, -0.2) is 8.78 Å². The van der Waals surface area contributed by atoms with Crippen molar-refractivity contribution < 1.29 is 18.3 Å². The molecule has 1 aromatic heterocycles. The van der Waals surface area contributed by atoms with Gasteiger partial charge in [-0.3, -0.25) is 9.48 Å². The molecule has 0 bridgehead atoms. The monoisotopic (exact) mass is 391 g/mol. The highest BCUT2D eigenvalue weighted by Gasteiger charge is 2.14. The van der Waals surface area contributed by atoms with Crippen LogP contribution in [0, 0.1) is 0 Å². The van der Waals surface area contributed by atoms with Crippen LogP contribution in [0.4, 0.5) is 14.5 Å². The van der Waals surface area contributed by atoms with Crippen molar-refractivity contribution in [1.29, 1.82) is 0 Å². The minimum absolute atomic E-state index is 0.272. The maximum absolute atomic E-state index is 12.5. The Labute approximate surface area is 159 Å². The number of para-hydroxylation sites is 1. The molecule has 1 heterocycles. The smallest absolute Gasteiger partial charge is 0.259 e. The van der Waals surface area contributed by atoms with Crippen LogP contribution in [0.3, 0.4) is 0 Å². The third-order valence-corrected chi connectivity index (χ3v) is 3.91. The zero-order chi connectivity index (χ0) is 19.2. The number of anilines is 1. The molecule has 2 aromatic carbocycles. The van der Waals surface area contributed by atoms with Crippen LogP contribution in [0.25, 0.3) is 0 Å². The molecule has 8 heteroatoms. The summed E-state index contributed by atoms with van der Waals surface area (Å²) < 4.78 is 31.6. The molecule has 5 nitrogen and oxygen atoms in total. The number of nitrogens with zero attached hydrogens (tertiary/aromatic N) is 2. The predicted molar refractivity (Wildman–Crippen MR) is 98.4 cm³/mol. The Balaban J connectivity index is 1.68. The fourth-order valence-corrected chi connectivity index (χ4v) is 2.52. The zero-order valence-corrected chi connectivity index (χ0v) is 14.9. The molecule has 140 valence electrons. The summed E-state index contributed by atoms with van der Waals surface area (Å²) in [5.41, 5.74) is 1.56. The summed E-state index contributed by atoms with van der Waals surface area (Å²) in [4.78, 5) is 12.5. The van der Waals surface area contributed by atoms with Crippen molar-refractivity contribution in [3.8, 4) is 5.75 Å². The molecule has 1 amide bonds. The summed E-state index contributed by atoms with van der Waals surface area (Å²) in [7, 11) is 0. The first-order valence-corrected chi connectivity index (χ1v) is 8.47. The Morgan fingerprint density at radius 1 is 1.19 bits per heavy atom. The number of rotatable bonds is 7. The second-order valence-electron chi connectivity index (χ2n) is 5.71. The van der Waals surface area contributed by atoms with Crippen LogP contribution in [0.2, 0.25) is 5.02 Å². The van der Waals surface area contributed by atoms with Gasteiger partial charge in [0.15, 0.2) is 0 Å². The van der Waals surface area contributed by atoms with Crippen LogP contribution in [-0.2, 0) is 13.2 Å². The van der Waals surface area contributed by atoms with E-state index in [9.17, 15) is 13.6 Å². The fraction of sp³-hybridized carbons (Fsp3) is 0.158. The summed E-state index contributed by atoms with van der Waals surface area (Å²) in [6, 6.07) is 14.0. The average molecular weight is 392 g/mol. The van der Waals surface area contributed by atoms with Crippen molar-refractivity contribution in [2.75, 3.05) is 5.32 Å². The zero-order valence-electron chi connectivity index (χ0n) is 14.1. The number of benzene rings is 2. The third-order valence-electron chi connectivity index (χ3n) is 3.66. The highest BCUT2D eigenvalue weighted by molar-refractivity contribution is 6.30. The molecule has 3 aromatic rings. The van der Waals surface area contributed by atoms with Crippen LogP contribution in [-0.4, -0.2) is 22.1 Å². The number of nitrogens with one attached hydrogen (secondary N) is 1. The second kappa shape index (κ2) is 8.64. The molecule has 0 unspecified atom stereocenters. The highest BCUT2D eigenvalue weighted by Crippen LogP contribution is 2.21. The summed E-state index contributed by atoms with van der Waals surface area (Å²) in [6.45, 7) is -0.259. The lowest BCUT2D eigenvalue weighted by molar-refractivity contribution is 0.102. The Kier molecular flexibility index (Phi) is 6.03. The first-order chi connectivity index (χ1) is 13.0. The maximum Gasteiger partial charge on any atom is 0.259 e. The number of hydrogen-bond acceptors (Lipinski definition) is 3. The molecule has 0 atom stereocenters. The number of carbonyl (C=O) groups excluding carboxylic acids is 1. The Morgan fingerprint density at radius 2 is 1.93 bits per heavy atom. The van der Waals surface area contributed by atoms with Gasteiger partial charge in [0.05, 0.1) is 17.4 Å². The first kappa shape index (κ1) is 18.8. The number of halogens is 3. The van der Waals surface area contributed by atoms with Crippen LogP contribution < -0.4 is 10.1 Å². The van der Waals surface area contributed by atoms with Gasteiger partial charge < -0.3 is 10.1 Å². The van der Waals surface area contributed by atoms with Crippen LogP contribution >= 0.6 is 11.6 Å². The van der Waals surface area contributed by atoms with Gasteiger partial charge in [-0.2, -0.15) is 5.10 Å². The number of aromatic nitrogens is 2. The number of alkyl halides is 2. The molecule has 3 rings (SSSR count). The average Bonchev–Trinajstić information content (AvgIpc) is 3.07. The molecule has 0 fully saturated rings. The molecule has 0 aliphatic carbocycles. The van der Waals surface area contributed by atoms with Crippen molar-refractivity contribution >= 4 is 23.2 Å². The molecular weight excluding hydrogens is 376 g/mol. The maximum atomic E-state index is 12.5. The van der Waals surface area contributed by atoms with E-state index >= 15 is 0 Å². The minimum atomic E-state index is -2.52. The number of carbonyl (C=O) groups is 1. The standard InChI is InChI=1S/C19H16ClF2N3O2/c20-14-7-5-13(6-8-14)12-27-17-4-2-1-3-16(17)19(26)24-15-9-23-25(10-15)11-18(21)22/h1-10,18H,11-12H2,(H,24,26). The van der Waals surface area contributed by atoms with E-state index in [4.69, 9.17) is 16.3 Å². The molecule has 27 heavy (non-hydrogen) atoms. The van der Waals surface area contributed by atoms with Gasteiger partial charge >= 0.3 is 0 Å². The molecule has 0 aliphatic rings. The predicted octanol–water partition coefficient (Wildman–Crippen LogP) is 4.63. The lowest BCUT2D eigenvalue weighted by Gasteiger charge is -2.11. The van der Waals surface area contributed by atoms with Crippen molar-refractivity contribution in [1.82, 2.24) is 9.78 Å². The SMILES string of the molecule is O=C(Nc1cnn(CC(F)F)c1)c1ccccc1OCc1ccc(Cl)cc1. The van der Waals surface area contributed by atoms with Gasteiger partial charge in [0.1, 0.15) is 18.9 Å². The number of amides is 1.